The first kappa shape index (κ1) is 23.3. The molecule has 0 radical (unpaired) electrons. The van der Waals surface area contributed by atoms with Crippen molar-refractivity contribution in [2.24, 2.45) is 0 Å². The highest BCUT2D eigenvalue weighted by Gasteiger charge is 2.30. The van der Waals surface area contributed by atoms with Crippen molar-refractivity contribution in [3.05, 3.63) is 81.1 Å². The topological polar surface area (TPSA) is 52.7 Å². The van der Waals surface area contributed by atoms with Gasteiger partial charge in [0, 0.05) is 23.0 Å². The van der Waals surface area contributed by atoms with E-state index in [1.54, 1.807) is 27.6 Å². The summed E-state index contributed by atoms with van der Waals surface area (Å²) in [5, 5.41) is 0.381. The van der Waals surface area contributed by atoms with Gasteiger partial charge < -0.3 is 4.57 Å². The Morgan fingerprint density at radius 2 is 1.85 bits per heavy atom. The van der Waals surface area contributed by atoms with Gasteiger partial charge in [-0.1, -0.05) is 29.4 Å². The van der Waals surface area contributed by atoms with Gasteiger partial charge in [0.1, 0.15) is 5.82 Å². The monoisotopic (exact) mass is 496 g/mol. The normalized spacial score (nSPS) is 11.9. The maximum Gasteiger partial charge on any atom is 0.416 e. The van der Waals surface area contributed by atoms with Crippen molar-refractivity contribution in [2.75, 3.05) is 5.75 Å². The van der Waals surface area contributed by atoms with Crippen LogP contribution in [-0.2, 0) is 19.1 Å². The van der Waals surface area contributed by atoms with E-state index < -0.39 is 23.1 Å². The van der Waals surface area contributed by atoms with E-state index in [9.17, 15) is 22.4 Å². The van der Waals surface area contributed by atoms with Gasteiger partial charge in [0.05, 0.1) is 11.9 Å². The van der Waals surface area contributed by atoms with E-state index in [-0.39, 0.29) is 10.5 Å². The Kier molecular flexibility index (Phi) is 6.49. The summed E-state index contributed by atoms with van der Waals surface area (Å²) in [6.07, 6.45) is -2.57. The van der Waals surface area contributed by atoms with Gasteiger partial charge in [-0.15, -0.1) is 0 Å². The summed E-state index contributed by atoms with van der Waals surface area (Å²) < 4.78 is 55.6. The van der Waals surface area contributed by atoms with Crippen LogP contribution in [0.5, 0.6) is 0 Å². The molecule has 0 spiro atoms. The summed E-state index contributed by atoms with van der Waals surface area (Å²) in [6.45, 7) is 2.45. The molecule has 172 valence electrons. The van der Waals surface area contributed by atoms with Crippen molar-refractivity contribution in [3.8, 4) is 5.69 Å². The predicted molar refractivity (Wildman–Crippen MR) is 120 cm³/mol. The number of nitrogens with zero attached hydrogens (tertiary/aromatic N) is 4. The third kappa shape index (κ3) is 4.77. The first-order chi connectivity index (χ1) is 15.7. The van der Waals surface area contributed by atoms with E-state index in [0.717, 1.165) is 12.1 Å². The Hall–Kier alpha value is -2.85. The van der Waals surface area contributed by atoms with E-state index in [1.165, 1.54) is 30.0 Å². The lowest BCUT2D eigenvalue weighted by Gasteiger charge is -2.15. The third-order valence-corrected chi connectivity index (χ3v) is 6.31. The van der Waals surface area contributed by atoms with E-state index in [4.69, 9.17) is 11.6 Å². The fourth-order valence-corrected chi connectivity index (χ4v) is 4.62. The number of hydrogen-bond acceptors (Lipinski definition) is 4. The molecule has 0 fully saturated rings. The van der Waals surface area contributed by atoms with Gasteiger partial charge in [-0.05, 0) is 55.3 Å². The van der Waals surface area contributed by atoms with Crippen LogP contribution in [0.3, 0.4) is 0 Å². The Bertz CT molecular complexity index is 1370. The Morgan fingerprint density at radius 1 is 1.12 bits per heavy atom. The van der Waals surface area contributed by atoms with Gasteiger partial charge in [-0.2, -0.15) is 18.2 Å². The number of thioether (sulfide) groups is 1. The molecule has 0 aliphatic heterocycles. The summed E-state index contributed by atoms with van der Waals surface area (Å²) in [5.41, 5.74) is 0.557. The molecule has 0 saturated heterocycles. The van der Waals surface area contributed by atoms with Gasteiger partial charge in [-0.3, -0.25) is 9.36 Å². The molecular weight excluding hydrogens is 480 g/mol. The first-order valence-corrected chi connectivity index (χ1v) is 11.3. The number of halogens is 5. The summed E-state index contributed by atoms with van der Waals surface area (Å²) in [6, 6.07) is 9.01. The lowest BCUT2D eigenvalue weighted by atomic mass is 10.1. The van der Waals surface area contributed by atoms with Crippen LogP contribution < -0.4 is 5.56 Å². The van der Waals surface area contributed by atoms with E-state index in [2.05, 4.69) is 9.97 Å². The number of imidazole rings is 1. The van der Waals surface area contributed by atoms with Crippen LogP contribution in [0.4, 0.5) is 17.6 Å². The van der Waals surface area contributed by atoms with Gasteiger partial charge in [0.15, 0.2) is 16.3 Å². The SMILES string of the molecule is CCn1cnc2c(=O)nc(SCCc3ccc(C(F)(F)F)cc3Cl)n(-c3ccc(F)cc3)c21. The second-order valence-electron chi connectivity index (χ2n) is 7.12. The second-order valence-corrected chi connectivity index (χ2v) is 8.59. The van der Waals surface area contributed by atoms with Crippen molar-refractivity contribution in [1.82, 2.24) is 19.1 Å². The standard InChI is InChI=1S/C22H17ClF4N4OS/c1-2-30-12-28-18-19(32)29-21(31(20(18)30)16-7-5-15(24)6-8-16)33-10-9-13-3-4-14(11-17(13)23)22(25,26)27/h3-8,11-12H,2,9-10H2,1H3. The highest BCUT2D eigenvalue weighted by Crippen LogP contribution is 2.33. The molecule has 0 N–H and O–H groups in total. The maximum absolute atomic E-state index is 13.5. The number of aromatic nitrogens is 4. The number of hydrogen-bond donors (Lipinski definition) is 0. The highest BCUT2D eigenvalue weighted by atomic mass is 35.5. The molecule has 0 unspecified atom stereocenters. The summed E-state index contributed by atoms with van der Waals surface area (Å²) in [4.78, 5) is 20.9. The lowest BCUT2D eigenvalue weighted by molar-refractivity contribution is -0.137. The number of benzene rings is 2. The molecule has 0 amide bonds. The highest BCUT2D eigenvalue weighted by molar-refractivity contribution is 7.99. The molecule has 0 atom stereocenters. The quantitative estimate of drug-likeness (QED) is 0.194. The zero-order valence-corrected chi connectivity index (χ0v) is 18.8. The number of rotatable bonds is 6. The number of aryl methyl sites for hydroxylation is 2. The molecule has 0 aliphatic carbocycles. The van der Waals surface area contributed by atoms with Crippen molar-refractivity contribution >= 4 is 34.5 Å². The van der Waals surface area contributed by atoms with E-state index >= 15 is 0 Å². The zero-order chi connectivity index (χ0) is 23.8. The fourth-order valence-electron chi connectivity index (χ4n) is 3.37. The van der Waals surface area contributed by atoms with Crippen LogP contribution in [0.25, 0.3) is 16.9 Å². The molecule has 0 aliphatic rings. The van der Waals surface area contributed by atoms with Crippen LogP contribution >= 0.6 is 23.4 Å². The summed E-state index contributed by atoms with van der Waals surface area (Å²) in [7, 11) is 0. The zero-order valence-electron chi connectivity index (χ0n) is 17.2. The predicted octanol–water partition coefficient (Wildman–Crippen LogP) is 5.75. The van der Waals surface area contributed by atoms with Gasteiger partial charge in [-0.25, -0.2) is 9.37 Å². The van der Waals surface area contributed by atoms with Crippen molar-refractivity contribution in [1.29, 1.82) is 0 Å². The molecule has 4 rings (SSSR count). The average Bonchev–Trinajstić information content (AvgIpc) is 3.20. The molecule has 2 heterocycles. The van der Waals surface area contributed by atoms with Crippen LogP contribution in [0.15, 0.2) is 58.7 Å². The fraction of sp³-hybridized carbons (Fsp3) is 0.227. The average molecular weight is 497 g/mol. The molecule has 2 aromatic heterocycles. The molecule has 4 aromatic rings. The van der Waals surface area contributed by atoms with Crippen LogP contribution in [0.1, 0.15) is 18.1 Å². The smallest absolute Gasteiger partial charge is 0.316 e. The minimum absolute atomic E-state index is 0.0221. The van der Waals surface area contributed by atoms with Crippen molar-refractivity contribution < 1.29 is 17.6 Å². The Balaban J connectivity index is 1.69. The van der Waals surface area contributed by atoms with Crippen LogP contribution in [0, 0.1) is 5.82 Å². The Morgan fingerprint density at radius 3 is 2.48 bits per heavy atom. The molecule has 2 aromatic carbocycles. The first-order valence-electron chi connectivity index (χ1n) is 9.91. The Labute approximate surface area is 195 Å². The number of fused-ring (bicyclic) bond motifs is 1. The molecule has 0 bridgehead atoms. The minimum atomic E-state index is -4.47. The van der Waals surface area contributed by atoms with E-state index in [1.807, 2.05) is 6.92 Å². The molecule has 11 heteroatoms. The van der Waals surface area contributed by atoms with Crippen molar-refractivity contribution in [3.63, 3.8) is 0 Å². The van der Waals surface area contributed by atoms with Gasteiger partial charge in [0.25, 0.3) is 0 Å². The minimum Gasteiger partial charge on any atom is -0.316 e. The molecule has 5 nitrogen and oxygen atoms in total. The van der Waals surface area contributed by atoms with Crippen molar-refractivity contribution in [2.45, 2.75) is 31.2 Å². The summed E-state index contributed by atoms with van der Waals surface area (Å²) >= 11 is 7.31. The van der Waals surface area contributed by atoms with Crippen LogP contribution in [0.2, 0.25) is 5.02 Å². The molecule has 33 heavy (non-hydrogen) atoms. The second kappa shape index (κ2) is 9.18. The maximum atomic E-state index is 13.5. The van der Waals surface area contributed by atoms with Crippen LogP contribution in [-0.4, -0.2) is 24.9 Å². The summed E-state index contributed by atoms with van der Waals surface area (Å²) in [5.74, 6) is -0.0102. The molecule has 0 saturated carbocycles. The van der Waals surface area contributed by atoms with E-state index in [0.29, 0.717) is 40.8 Å². The third-order valence-electron chi connectivity index (χ3n) is 5.02. The molecular formula is C22H17ClF4N4OS. The largest absolute Gasteiger partial charge is 0.416 e. The number of alkyl halides is 3. The lowest BCUT2D eigenvalue weighted by Crippen LogP contribution is -2.17. The van der Waals surface area contributed by atoms with Gasteiger partial charge >= 0.3 is 11.7 Å². The van der Waals surface area contributed by atoms with Gasteiger partial charge in [0.2, 0.25) is 0 Å².